The van der Waals surface area contributed by atoms with E-state index in [2.05, 4.69) is 15.6 Å². The van der Waals surface area contributed by atoms with E-state index in [0.717, 1.165) is 15.7 Å². The molecule has 1 aromatic rings. The molecule has 3 saturated heterocycles. The first kappa shape index (κ1) is 52.6. The maximum absolute atomic E-state index is 13.1. The fourth-order valence-corrected chi connectivity index (χ4v) is 8.49. The van der Waals surface area contributed by atoms with Gasteiger partial charge in [0.15, 0.2) is 12.0 Å². The number of aliphatic hydroxyl groups excluding tert-OH is 6. The van der Waals surface area contributed by atoms with Gasteiger partial charge in [-0.15, -0.1) is 0 Å². The molecule has 4 rings (SSSR count). The fraction of sp³-hybridized carbons (Fsp3) is 0.714. The van der Waals surface area contributed by atoms with E-state index < -0.39 is 130 Å². The lowest BCUT2D eigenvalue weighted by molar-refractivity contribution is -0.298. The number of amides is 4. The molecule has 29 heteroatoms. The Labute approximate surface area is 367 Å². The molecule has 1 aromatic heterocycles. The van der Waals surface area contributed by atoms with E-state index in [1.54, 1.807) is 6.26 Å². The predicted molar refractivity (Wildman–Crippen MR) is 213 cm³/mol. The van der Waals surface area contributed by atoms with Crippen molar-refractivity contribution in [2.75, 3.05) is 58.1 Å². The quantitative estimate of drug-likeness (QED) is 0.0248. The summed E-state index contributed by atoms with van der Waals surface area (Å²) >= 11 is 1.27. The smallest absolute Gasteiger partial charge is 0.475 e. The number of aliphatic hydroxyl groups is 6. The summed E-state index contributed by atoms with van der Waals surface area (Å²) < 4.78 is 39.9. The second kappa shape index (κ2) is 23.4. The van der Waals surface area contributed by atoms with Crippen LogP contribution >= 0.6 is 19.6 Å². The highest BCUT2D eigenvalue weighted by atomic mass is 32.2. The third-order valence-corrected chi connectivity index (χ3v) is 12.3. The van der Waals surface area contributed by atoms with E-state index in [9.17, 15) is 78.8 Å². The first-order valence-corrected chi connectivity index (χ1v) is 22.5. The highest BCUT2D eigenvalue weighted by molar-refractivity contribution is 8.00. The number of anilines is 1. The molecule has 0 spiro atoms. The topological polar surface area (TPSA) is 416 Å². The molecule has 3 fully saturated rings. The van der Waals surface area contributed by atoms with Crippen LogP contribution in [0.2, 0.25) is 0 Å². The number of likely N-dealkylation sites (tertiary alicyclic amines) is 1. The largest absolute Gasteiger partial charge is 0.477 e. The van der Waals surface area contributed by atoms with Crippen molar-refractivity contribution in [2.24, 2.45) is 5.92 Å². The minimum atomic E-state index is -5.65. The monoisotopic (exact) mass is 956 g/mol. The maximum Gasteiger partial charge on any atom is 0.475 e. The number of phosphoric acid groups is 1. The molecule has 12 N–H and O–H groups in total. The molecular weight excluding hydrogens is 903 g/mol. The van der Waals surface area contributed by atoms with Crippen LogP contribution in [0.1, 0.15) is 44.8 Å². The zero-order chi connectivity index (χ0) is 47.5. The van der Waals surface area contributed by atoms with Gasteiger partial charge in [0, 0.05) is 63.9 Å². The van der Waals surface area contributed by atoms with Crippen molar-refractivity contribution < 1.29 is 97.2 Å². The Kier molecular flexibility index (Phi) is 19.3. The molecule has 0 aromatic carbocycles. The first-order chi connectivity index (χ1) is 30.1. The molecule has 12 atom stereocenters. The second-order valence-electron chi connectivity index (χ2n) is 14.9. The Morgan fingerprint density at radius 2 is 1.80 bits per heavy atom. The Morgan fingerprint density at radius 3 is 2.44 bits per heavy atom. The molecule has 0 aliphatic carbocycles. The summed E-state index contributed by atoms with van der Waals surface area (Å²) in [6.07, 6.45) is -14.2. The number of aromatic nitrogens is 2. The molecule has 27 nitrogen and oxygen atoms in total. The van der Waals surface area contributed by atoms with Crippen LogP contribution in [0.4, 0.5) is 5.82 Å². The Hall–Kier alpha value is -4.00. The summed E-state index contributed by atoms with van der Waals surface area (Å²) in [4.78, 5) is 102. The number of carbonyl (C=O) groups excluding carboxylic acids is 5. The summed E-state index contributed by atoms with van der Waals surface area (Å²) in [7, 11) is -5.65. The van der Waals surface area contributed by atoms with Gasteiger partial charge in [0.25, 0.3) is 5.79 Å². The van der Waals surface area contributed by atoms with E-state index in [1.165, 1.54) is 17.8 Å². The van der Waals surface area contributed by atoms with Crippen LogP contribution in [0.5, 0.6) is 0 Å². The van der Waals surface area contributed by atoms with Crippen LogP contribution in [-0.4, -0.2) is 197 Å². The number of ether oxygens (including phenoxy) is 3. The van der Waals surface area contributed by atoms with Crippen molar-refractivity contribution >= 4 is 60.8 Å². The lowest BCUT2D eigenvalue weighted by Gasteiger charge is -2.46. The molecular formula is C35H53N6O21PS. The number of carboxylic acid groups (broad SMARTS) is 1. The normalized spacial score (nSPS) is 29.0. The molecule has 360 valence electrons. The zero-order valence-electron chi connectivity index (χ0n) is 34.3. The molecule has 0 bridgehead atoms. The van der Waals surface area contributed by atoms with Crippen LogP contribution in [0.15, 0.2) is 17.1 Å². The minimum Gasteiger partial charge on any atom is -0.477 e. The number of hydrogen-bond donors (Lipinski definition) is 11. The van der Waals surface area contributed by atoms with Gasteiger partial charge in [-0.25, -0.2) is 18.7 Å². The van der Waals surface area contributed by atoms with Crippen molar-refractivity contribution in [1.29, 1.82) is 0 Å². The van der Waals surface area contributed by atoms with Gasteiger partial charge in [-0.2, -0.15) is 16.7 Å². The summed E-state index contributed by atoms with van der Waals surface area (Å²) in [5.74, 6) is -9.64. The van der Waals surface area contributed by atoms with Gasteiger partial charge in [0.2, 0.25) is 23.6 Å². The Morgan fingerprint density at radius 1 is 1.09 bits per heavy atom. The number of nitrogens with one attached hydrogen (secondary N) is 2. The second-order valence-corrected chi connectivity index (χ2v) is 17.3. The number of hydrogen-bond acceptors (Lipinski definition) is 22. The molecule has 0 saturated carbocycles. The summed E-state index contributed by atoms with van der Waals surface area (Å²) in [6, 6.07) is 1.18. The average molecular weight is 957 g/mol. The number of nitrogens with zero attached hydrogens (tertiary/aromatic N) is 3. The number of Topliss-reactive ketones (excluding diaryl/α,β-unsaturated/α-hetero) is 1. The van der Waals surface area contributed by atoms with Gasteiger partial charge in [0.1, 0.15) is 36.3 Å². The number of ketones is 1. The van der Waals surface area contributed by atoms with Crippen molar-refractivity contribution in [1.82, 2.24) is 25.1 Å². The number of carbonyl (C=O) groups is 6. The van der Waals surface area contributed by atoms with Gasteiger partial charge < -0.3 is 71.2 Å². The lowest BCUT2D eigenvalue weighted by Crippen LogP contribution is -2.62. The minimum absolute atomic E-state index is 0.0242. The van der Waals surface area contributed by atoms with Crippen LogP contribution in [0.3, 0.4) is 0 Å². The highest BCUT2D eigenvalue weighted by Gasteiger charge is 2.59. The van der Waals surface area contributed by atoms with Crippen LogP contribution < -0.4 is 22.1 Å². The third kappa shape index (κ3) is 13.8. The Balaban J connectivity index is 1.24. The van der Waals surface area contributed by atoms with Crippen molar-refractivity contribution in [3.05, 3.63) is 22.7 Å². The SMILES string of the molecule is CSC1CC(=O)N(CCC(=O)NCCCOCCC(=O)NCC(=O)CC2C(O)CC(OP(=O)(O)OC[C@H]3O[C@@H](n4ccc(N)nc4=O)C(O)[C@H]3O)(C(=O)O)OC2C(O)[C@H](O)CO)C1=O. The van der Waals surface area contributed by atoms with Gasteiger partial charge in [0.05, 0.1) is 43.8 Å². The molecule has 3 aliphatic heterocycles. The first-order valence-electron chi connectivity index (χ1n) is 19.7. The van der Waals surface area contributed by atoms with Crippen LogP contribution in [0, 0.1) is 5.92 Å². The van der Waals surface area contributed by atoms with Gasteiger partial charge in [-0.1, -0.05) is 0 Å². The van der Waals surface area contributed by atoms with Crippen molar-refractivity contribution in [3.8, 4) is 0 Å². The zero-order valence-corrected chi connectivity index (χ0v) is 36.0. The number of carboxylic acids is 1. The number of nitrogens with two attached hydrogens (primary N) is 1. The van der Waals surface area contributed by atoms with Crippen molar-refractivity contribution in [3.63, 3.8) is 0 Å². The van der Waals surface area contributed by atoms with Gasteiger partial charge in [-0.3, -0.25) is 38.0 Å². The number of phosphoric ester groups is 1. The lowest BCUT2D eigenvalue weighted by atomic mass is 9.80. The number of nitrogen functional groups attached to an aromatic ring is 1. The van der Waals surface area contributed by atoms with Crippen LogP contribution in [0.25, 0.3) is 0 Å². The Bertz CT molecular complexity index is 1950. The predicted octanol–water partition coefficient (Wildman–Crippen LogP) is -5.29. The van der Waals surface area contributed by atoms with E-state index in [-0.39, 0.29) is 69.1 Å². The van der Waals surface area contributed by atoms with Crippen LogP contribution in [-0.2, 0) is 56.6 Å². The average Bonchev–Trinajstić information content (AvgIpc) is 3.68. The van der Waals surface area contributed by atoms with E-state index in [4.69, 9.17) is 29.0 Å². The maximum atomic E-state index is 13.1. The van der Waals surface area contributed by atoms with E-state index in [1.807, 2.05) is 0 Å². The standard InChI is InChI=1S/C35H53N6O21PS/c1-64-22-12-26(48)40(31(22)52)8-4-24(46)37-6-2-9-58-10-5-25(47)38-14-17(43)11-18-19(44)13-35(33(53)54,61-30(18)27(49)20(45)15-42)62-63(56,57)59-16-21-28(50)29(51)32(60-21)41-7-3-23(36)39-34(41)55/h3,7,18-22,27-30,32,42,44-45,49-51H,2,4-6,8-16H2,1H3,(H,37,46)(H,38,47)(H,53,54)(H,56,57)(H2,36,39,55)/t18?,19?,20-,21-,22?,27?,28+,29?,30?,32-,35?/m1/s1. The van der Waals surface area contributed by atoms with E-state index >= 15 is 0 Å². The number of aliphatic carboxylic acids is 1. The summed E-state index contributed by atoms with van der Waals surface area (Å²) in [5, 5.41) is 77.3. The third-order valence-electron chi connectivity index (χ3n) is 10.3. The number of imide groups is 1. The number of rotatable bonds is 25. The summed E-state index contributed by atoms with van der Waals surface area (Å²) in [5.41, 5.74) is 4.47. The van der Waals surface area contributed by atoms with E-state index in [0.29, 0.717) is 6.42 Å². The summed E-state index contributed by atoms with van der Waals surface area (Å²) in [6.45, 7) is -2.59. The molecule has 4 amide bonds. The highest BCUT2D eigenvalue weighted by Crippen LogP contribution is 2.52. The molecule has 8 unspecified atom stereocenters. The molecule has 4 heterocycles. The van der Waals surface area contributed by atoms with Gasteiger partial charge >= 0.3 is 19.5 Å². The molecule has 0 radical (unpaired) electrons. The number of thioether (sulfide) groups is 1. The molecule has 3 aliphatic rings. The fourth-order valence-electron chi connectivity index (χ4n) is 6.90. The molecule has 64 heavy (non-hydrogen) atoms. The van der Waals surface area contributed by atoms with Gasteiger partial charge in [-0.05, 0) is 18.7 Å². The van der Waals surface area contributed by atoms with Crippen molar-refractivity contribution in [2.45, 2.75) is 98.5 Å².